The van der Waals surface area contributed by atoms with Gasteiger partial charge in [-0.25, -0.2) is 8.42 Å². The highest BCUT2D eigenvalue weighted by molar-refractivity contribution is 7.95. The Bertz CT molecular complexity index is 382. The quantitative estimate of drug-likeness (QED) is 0.638. The van der Waals surface area contributed by atoms with Crippen molar-refractivity contribution in [2.24, 2.45) is 0 Å². The van der Waals surface area contributed by atoms with Gasteiger partial charge in [0.25, 0.3) is 0 Å². The Balaban J connectivity index is 2.24. The summed E-state index contributed by atoms with van der Waals surface area (Å²) in [5.41, 5.74) is 0. The molecular weight excluding hydrogens is 226 g/mol. The normalized spacial score (nSPS) is 37.6. The summed E-state index contributed by atoms with van der Waals surface area (Å²) < 4.78 is 28.8. The van der Waals surface area contributed by atoms with Gasteiger partial charge in [-0.05, 0) is 13.8 Å². The van der Waals surface area contributed by atoms with Gasteiger partial charge in [0.15, 0.2) is 9.84 Å². The second-order valence-corrected chi connectivity index (χ2v) is 7.78. The van der Waals surface area contributed by atoms with Crippen LogP contribution in [0.3, 0.4) is 0 Å². The average molecular weight is 246 g/mol. The van der Waals surface area contributed by atoms with Crippen molar-refractivity contribution >= 4 is 9.84 Å². The number of nitrogens with one attached hydrogen (secondary N) is 1. The van der Waals surface area contributed by atoms with Crippen molar-refractivity contribution in [1.29, 1.82) is 0 Å². The van der Waals surface area contributed by atoms with E-state index in [-0.39, 0.29) is 11.3 Å². The molecule has 2 saturated heterocycles. The van der Waals surface area contributed by atoms with E-state index in [2.05, 4.69) is 6.58 Å². The van der Waals surface area contributed by atoms with Crippen LogP contribution in [0.5, 0.6) is 0 Å². The van der Waals surface area contributed by atoms with E-state index in [0.717, 1.165) is 26.3 Å². The second-order valence-electron chi connectivity index (χ2n) is 5.10. The summed E-state index contributed by atoms with van der Waals surface area (Å²) in [6.45, 7) is 10.6. The summed E-state index contributed by atoms with van der Waals surface area (Å²) in [4.78, 5) is 1.34. The third-order valence-corrected chi connectivity index (χ3v) is 6.88. The Kier molecular flexibility index (Phi) is 2.88. The molecule has 0 bridgehead atoms. The molecule has 0 aromatic carbocycles. The lowest BCUT2D eigenvalue weighted by Gasteiger charge is -2.51. The molecule has 2 atom stereocenters. The topological polar surface area (TPSA) is 47.8 Å². The predicted octanol–water partition coefficient (Wildman–Crippen LogP) is -0.968. The summed E-state index contributed by atoms with van der Waals surface area (Å²) in [5.74, 6) is 0. The number of hydrogen-bond donors (Lipinski definition) is 1. The van der Waals surface area contributed by atoms with E-state index < -0.39 is 14.6 Å². The first-order valence-corrected chi connectivity index (χ1v) is 7.26. The molecule has 2 aliphatic rings. The zero-order valence-electron chi connectivity index (χ0n) is 9.90. The van der Waals surface area contributed by atoms with Crippen LogP contribution in [-0.4, -0.2) is 50.8 Å². The van der Waals surface area contributed by atoms with E-state index in [1.807, 2.05) is 13.8 Å². The Morgan fingerprint density at radius 3 is 2.44 bits per heavy atom. The largest absolute Gasteiger partial charge is 0.370 e. The molecule has 2 aliphatic heterocycles. The Hall–Kier alpha value is -0.390. The molecular formula is C11H20NO3S+. The van der Waals surface area contributed by atoms with Gasteiger partial charge in [0.2, 0.25) is 0 Å². The number of quaternary nitrogens is 1. The minimum atomic E-state index is -3.03. The molecule has 0 aromatic rings. The van der Waals surface area contributed by atoms with Crippen LogP contribution >= 0.6 is 0 Å². The molecule has 4 nitrogen and oxygen atoms in total. The van der Waals surface area contributed by atoms with Crippen molar-refractivity contribution in [1.82, 2.24) is 0 Å². The minimum absolute atomic E-state index is 0.138. The predicted molar refractivity (Wildman–Crippen MR) is 62.3 cm³/mol. The molecule has 2 unspecified atom stereocenters. The molecule has 1 N–H and O–H groups in total. The van der Waals surface area contributed by atoms with Crippen molar-refractivity contribution in [3.05, 3.63) is 12.7 Å². The van der Waals surface area contributed by atoms with E-state index in [4.69, 9.17) is 4.74 Å². The molecule has 0 aliphatic carbocycles. The smallest absolute Gasteiger partial charge is 0.173 e. The van der Waals surface area contributed by atoms with Gasteiger partial charge in [0.1, 0.15) is 29.1 Å². The summed E-state index contributed by atoms with van der Waals surface area (Å²) in [7, 11) is -3.03. The molecule has 0 radical (unpaired) electrons. The molecule has 0 spiro atoms. The average Bonchev–Trinajstić information content (AvgIpc) is 2.25. The number of ether oxygens (including phenoxy) is 1. The lowest BCUT2D eigenvalue weighted by Crippen LogP contribution is -3.23. The van der Waals surface area contributed by atoms with E-state index in [0.29, 0.717) is 0 Å². The zero-order chi connectivity index (χ0) is 12.0. The van der Waals surface area contributed by atoms with Crippen LogP contribution in [0, 0.1) is 0 Å². The molecule has 2 heterocycles. The van der Waals surface area contributed by atoms with Crippen molar-refractivity contribution in [3.63, 3.8) is 0 Å². The fourth-order valence-corrected chi connectivity index (χ4v) is 5.25. The summed E-state index contributed by atoms with van der Waals surface area (Å²) >= 11 is 0. The maximum atomic E-state index is 12.0. The molecule has 2 rings (SSSR count). The SMILES string of the molecule is C=CC1C([NH+]2CCOCC2)C(C)(C)S1(=O)=O. The van der Waals surface area contributed by atoms with Gasteiger partial charge < -0.3 is 9.64 Å². The van der Waals surface area contributed by atoms with Crippen LogP contribution in [0.25, 0.3) is 0 Å². The summed E-state index contributed by atoms with van der Waals surface area (Å²) in [6, 6.07) is 0.138. The highest BCUT2D eigenvalue weighted by atomic mass is 32.2. The van der Waals surface area contributed by atoms with E-state index in [9.17, 15) is 8.42 Å². The van der Waals surface area contributed by atoms with Crippen molar-refractivity contribution in [2.45, 2.75) is 29.9 Å². The summed E-state index contributed by atoms with van der Waals surface area (Å²) in [6.07, 6.45) is 1.59. The first-order chi connectivity index (χ1) is 7.43. The molecule has 5 heteroatoms. The Labute approximate surface area is 97.2 Å². The standard InChI is InChI=1S/C11H19NO3S/c1-4-9-10(11(2,3)16(9,13)14)12-5-7-15-8-6-12/h4,9-10H,1,5-8H2,2-3H3/p+1. The third kappa shape index (κ3) is 1.45. The minimum Gasteiger partial charge on any atom is -0.370 e. The third-order valence-electron chi connectivity index (χ3n) is 3.98. The number of morpholine rings is 1. The first-order valence-electron chi connectivity index (χ1n) is 5.71. The van der Waals surface area contributed by atoms with E-state index in [1.54, 1.807) is 6.08 Å². The molecule has 92 valence electrons. The highest BCUT2D eigenvalue weighted by Crippen LogP contribution is 2.39. The zero-order valence-corrected chi connectivity index (χ0v) is 10.7. The fraction of sp³-hybridized carbons (Fsp3) is 0.818. The van der Waals surface area contributed by atoms with E-state index >= 15 is 0 Å². The number of sulfone groups is 1. The van der Waals surface area contributed by atoms with Crippen LogP contribution in [0.15, 0.2) is 12.7 Å². The fourth-order valence-electron chi connectivity index (χ4n) is 2.96. The highest BCUT2D eigenvalue weighted by Gasteiger charge is 2.65. The maximum absolute atomic E-state index is 12.0. The summed E-state index contributed by atoms with van der Waals surface area (Å²) in [5, 5.41) is -0.379. The van der Waals surface area contributed by atoms with Crippen molar-refractivity contribution < 1.29 is 18.1 Å². The number of hydrogen-bond acceptors (Lipinski definition) is 3. The van der Waals surface area contributed by atoms with Gasteiger partial charge in [-0.3, -0.25) is 0 Å². The molecule has 0 aromatic heterocycles. The van der Waals surface area contributed by atoms with Crippen LogP contribution in [0.4, 0.5) is 0 Å². The van der Waals surface area contributed by atoms with Gasteiger partial charge in [-0.2, -0.15) is 0 Å². The van der Waals surface area contributed by atoms with Crippen LogP contribution in [-0.2, 0) is 14.6 Å². The van der Waals surface area contributed by atoms with E-state index in [1.165, 1.54) is 4.90 Å². The first kappa shape index (κ1) is 12.1. The van der Waals surface area contributed by atoms with Crippen LogP contribution in [0.2, 0.25) is 0 Å². The Morgan fingerprint density at radius 2 is 1.94 bits per heavy atom. The van der Waals surface area contributed by atoms with Gasteiger partial charge >= 0.3 is 0 Å². The van der Waals surface area contributed by atoms with Crippen LogP contribution in [0.1, 0.15) is 13.8 Å². The maximum Gasteiger partial charge on any atom is 0.173 e. The van der Waals surface area contributed by atoms with Crippen molar-refractivity contribution in [3.8, 4) is 0 Å². The molecule has 16 heavy (non-hydrogen) atoms. The molecule has 0 saturated carbocycles. The molecule has 0 amide bonds. The lowest BCUT2D eigenvalue weighted by atomic mass is 9.95. The van der Waals surface area contributed by atoms with Gasteiger partial charge in [0, 0.05) is 0 Å². The van der Waals surface area contributed by atoms with Gasteiger partial charge in [0.05, 0.1) is 13.2 Å². The van der Waals surface area contributed by atoms with Crippen LogP contribution < -0.4 is 4.90 Å². The van der Waals surface area contributed by atoms with Crippen molar-refractivity contribution in [2.75, 3.05) is 26.3 Å². The molecule has 2 fully saturated rings. The Morgan fingerprint density at radius 1 is 1.38 bits per heavy atom. The van der Waals surface area contributed by atoms with Gasteiger partial charge in [-0.1, -0.05) is 6.08 Å². The second kappa shape index (κ2) is 3.82. The number of rotatable bonds is 2. The monoisotopic (exact) mass is 246 g/mol. The van der Waals surface area contributed by atoms with Gasteiger partial charge in [-0.15, -0.1) is 6.58 Å². The lowest BCUT2D eigenvalue weighted by molar-refractivity contribution is -0.935.